The van der Waals surface area contributed by atoms with Gasteiger partial charge in [-0.25, -0.2) is 8.42 Å². The van der Waals surface area contributed by atoms with E-state index in [9.17, 15) is 8.42 Å². The number of aliphatic imine (C=N–C) groups is 1. The van der Waals surface area contributed by atoms with Gasteiger partial charge in [-0.2, -0.15) is 0 Å². The van der Waals surface area contributed by atoms with Crippen LogP contribution in [0.25, 0.3) is 0 Å². The molecule has 7 heteroatoms. The van der Waals surface area contributed by atoms with Crippen LogP contribution in [0, 0.1) is 5.92 Å². The number of hydrogen-bond acceptors (Lipinski definition) is 4. The topological polar surface area (TPSA) is 73.8 Å². The zero-order valence-electron chi connectivity index (χ0n) is 16.9. The second-order valence-electron chi connectivity index (χ2n) is 7.29. The number of guanidine groups is 1. The molecule has 2 N–H and O–H groups in total. The maximum absolute atomic E-state index is 11.5. The number of hydrogen-bond donors (Lipinski definition) is 2. The van der Waals surface area contributed by atoms with Crippen molar-refractivity contribution in [2.75, 3.05) is 40.5 Å². The Bertz CT molecular complexity index is 667. The van der Waals surface area contributed by atoms with E-state index in [-0.39, 0.29) is 0 Å². The fourth-order valence-electron chi connectivity index (χ4n) is 2.68. The summed E-state index contributed by atoms with van der Waals surface area (Å²) in [6.45, 7) is 6.04. The highest BCUT2D eigenvalue weighted by Gasteiger charge is 2.13. The van der Waals surface area contributed by atoms with E-state index in [0.717, 1.165) is 37.5 Å². The van der Waals surface area contributed by atoms with Gasteiger partial charge >= 0.3 is 0 Å². The van der Waals surface area contributed by atoms with Gasteiger partial charge in [-0.15, -0.1) is 0 Å². The minimum absolute atomic E-state index is 0.353. The molecule has 0 spiro atoms. The second kappa shape index (κ2) is 10.5. The van der Waals surface area contributed by atoms with Gasteiger partial charge in [0.25, 0.3) is 0 Å². The molecule has 0 radical (unpaired) electrons. The van der Waals surface area contributed by atoms with E-state index in [1.165, 1.54) is 6.26 Å². The first-order valence-corrected chi connectivity index (χ1v) is 10.9. The predicted molar refractivity (Wildman–Crippen MR) is 110 cm³/mol. The SMILES string of the molecule is CN=C(NCCc1ccc(S(C)(=O)=O)cc1)NCC(CC(C)C)N(C)C. The first-order valence-electron chi connectivity index (χ1n) is 9.03. The van der Waals surface area contributed by atoms with Crippen LogP contribution in [0.5, 0.6) is 0 Å². The zero-order chi connectivity index (χ0) is 19.7. The lowest BCUT2D eigenvalue weighted by Crippen LogP contribution is -2.45. The van der Waals surface area contributed by atoms with E-state index in [2.05, 4.69) is 48.5 Å². The molecule has 0 fully saturated rings. The summed E-state index contributed by atoms with van der Waals surface area (Å²) >= 11 is 0. The largest absolute Gasteiger partial charge is 0.356 e. The molecule has 1 rings (SSSR count). The van der Waals surface area contributed by atoms with Crippen LogP contribution in [-0.2, 0) is 16.3 Å². The maximum atomic E-state index is 11.5. The molecule has 0 aliphatic heterocycles. The lowest BCUT2D eigenvalue weighted by atomic mass is 10.0. The van der Waals surface area contributed by atoms with Crippen LogP contribution in [0.4, 0.5) is 0 Å². The van der Waals surface area contributed by atoms with E-state index >= 15 is 0 Å². The minimum atomic E-state index is -3.14. The van der Waals surface area contributed by atoms with E-state index in [4.69, 9.17) is 0 Å². The normalized spacial score (nSPS) is 13.9. The number of sulfone groups is 1. The van der Waals surface area contributed by atoms with Gasteiger partial charge in [0.2, 0.25) is 0 Å². The first kappa shape index (κ1) is 22.4. The van der Waals surface area contributed by atoms with Crippen molar-refractivity contribution in [2.24, 2.45) is 10.9 Å². The number of likely N-dealkylation sites (N-methyl/N-ethyl adjacent to an activating group) is 1. The fourth-order valence-corrected chi connectivity index (χ4v) is 3.32. The summed E-state index contributed by atoms with van der Waals surface area (Å²) < 4.78 is 23.0. The second-order valence-corrected chi connectivity index (χ2v) is 9.31. The monoisotopic (exact) mass is 382 g/mol. The maximum Gasteiger partial charge on any atom is 0.191 e. The first-order chi connectivity index (χ1) is 12.1. The standard InChI is InChI=1S/C19H34N4O2S/c1-15(2)13-17(23(4)5)14-22-19(20-3)21-12-11-16-7-9-18(10-8-16)26(6,24)25/h7-10,15,17H,11-14H2,1-6H3,(H2,20,21,22). The molecule has 0 bridgehead atoms. The van der Waals surface area contributed by atoms with Gasteiger partial charge in [0.1, 0.15) is 0 Å². The van der Waals surface area contributed by atoms with Crippen LogP contribution < -0.4 is 10.6 Å². The van der Waals surface area contributed by atoms with Gasteiger partial charge in [-0.3, -0.25) is 4.99 Å². The molecule has 1 unspecified atom stereocenters. The summed E-state index contributed by atoms with van der Waals surface area (Å²) in [5.74, 6) is 1.43. The van der Waals surface area contributed by atoms with E-state index in [0.29, 0.717) is 16.9 Å². The van der Waals surface area contributed by atoms with Crippen LogP contribution in [0.2, 0.25) is 0 Å². The Morgan fingerprint density at radius 1 is 1.15 bits per heavy atom. The van der Waals surface area contributed by atoms with Gasteiger partial charge in [-0.1, -0.05) is 26.0 Å². The van der Waals surface area contributed by atoms with Crippen molar-refractivity contribution in [3.05, 3.63) is 29.8 Å². The van der Waals surface area contributed by atoms with Gasteiger partial charge in [-0.05, 0) is 50.6 Å². The molecule has 0 aliphatic rings. The van der Waals surface area contributed by atoms with Gasteiger partial charge < -0.3 is 15.5 Å². The summed E-state index contributed by atoms with van der Waals surface area (Å²) in [5.41, 5.74) is 1.09. The van der Waals surface area contributed by atoms with Crippen molar-refractivity contribution in [3.8, 4) is 0 Å². The van der Waals surface area contributed by atoms with Crippen LogP contribution in [-0.4, -0.2) is 65.8 Å². The van der Waals surface area contributed by atoms with Crippen molar-refractivity contribution >= 4 is 15.8 Å². The van der Waals surface area contributed by atoms with E-state index < -0.39 is 9.84 Å². The fraction of sp³-hybridized carbons (Fsp3) is 0.632. The molecule has 6 nitrogen and oxygen atoms in total. The van der Waals surface area contributed by atoms with Crippen molar-refractivity contribution in [2.45, 2.75) is 37.6 Å². The Labute approximate surface area is 159 Å². The highest BCUT2D eigenvalue weighted by Crippen LogP contribution is 2.10. The average molecular weight is 383 g/mol. The number of benzene rings is 1. The summed E-state index contributed by atoms with van der Waals surface area (Å²) in [4.78, 5) is 6.87. The van der Waals surface area contributed by atoms with Crippen LogP contribution in [0.3, 0.4) is 0 Å². The summed E-state index contributed by atoms with van der Waals surface area (Å²) in [5, 5.41) is 6.70. The third-order valence-electron chi connectivity index (χ3n) is 4.26. The van der Waals surface area contributed by atoms with E-state index in [1.54, 1.807) is 19.2 Å². The number of nitrogens with one attached hydrogen (secondary N) is 2. The highest BCUT2D eigenvalue weighted by molar-refractivity contribution is 7.90. The van der Waals surface area contributed by atoms with Crippen LogP contribution >= 0.6 is 0 Å². The molecule has 26 heavy (non-hydrogen) atoms. The Hall–Kier alpha value is -1.60. The van der Waals surface area contributed by atoms with Crippen molar-refractivity contribution < 1.29 is 8.42 Å². The molecule has 0 aromatic heterocycles. The molecule has 0 heterocycles. The predicted octanol–water partition coefficient (Wildman–Crippen LogP) is 1.77. The minimum Gasteiger partial charge on any atom is -0.356 e. The lowest BCUT2D eigenvalue weighted by Gasteiger charge is -2.27. The number of nitrogens with zero attached hydrogens (tertiary/aromatic N) is 2. The van der Waals surface area contributed by atoms with Gasteiger partial charge in [0.05, 0.1) is 4.90 Å². The smallest absolute Gasteiger partial charge is 0.191 e. The lowest BCUT2D eigenvalue weighted by molar-refractivity contribution is 0.254. The molecule has 0 saturated heterocycles. The van der Waals surface area contributed by atoms with Crippen molar-refractivity contribution in [1.82, 2.24) is 15.5 Å². The molecule has 0 saturated carbocycles. The summed E-state index contributed by atoms with van der Waals surface area (Å²) in [6.07, 6.45) is 3.15. The Morgan fingerprint density at radius 2 is 1.77 bits per heavy atom. The molecule has 1 aromatic carbocycles. The molecular weight excluding hydrogens is 348 g/mol. The molecule has 1 atom stereocenters. The van der Waals surface area contributed by atoms with Gasteiger partial charge in [0, 0.05) is 32.4 Å². The van der Waals surface area contributed by atoms with Gasteiger partial charge in [0.15, 0.2) is 15.8 Å². The zero-order valence-corrected chi connectivity index (χ0v) is 17.7. The Balaban J connectivity index is 2.47. The summed E-state index contributed by atoms with van der Waals surface area (Å²) in [6, 6.07) is 7.49. The third kappa shape index (κ3) is 8.19. The third-order valence-corrected chi connectivity index (χ3v) is 5.39. The highest BCUT2D eigenvalue weighted by atomic mass is 32.2. The Kier molecular flexibility index (Phi) is 9.08. The van der Waals surface area contributed by atoms with Crippen molar-refractivity contribution in [1.29, 1.82) is 0 Å². The van der Waals surface area contributed by atoms with Crippen LogP contribution in [0.1, 0.15) is 25.8 Å². The average Bonchev–Trinajstić information content (AvgIpc) is 2.55. The Morgan fingerprint density at radius 3 is 2.23 bits per heavy atom. The molecule has 1 aromatic rings. The summed E-state index contributed by atoms with van der Waals surface area (Å²) in [7, 11) is 2.83. The molecule has 0 amide bonds. The van der Waals surface area contributed by atoms with E-state index in [1.807, 2.05) is 12.1 Å². The van der Waals surface area contributed by atoms with Crippen molar-refractivity contribution in [3.63, 3.8) is 0 Å². The quantitative estimate of drug-likeness (QED) is 0.503. The molecular formula is C19H34N4O2S. The number of rotatable bonds is 9. The molecule has 0 aliphatic carbocycles. The molecule has 148 valence electrons. The van der Waals surface area contributed by atoms with Crippen LogP contribution in [0.15, 0.2) is 34.2 Å².